The third-order valence-corrected chi connectivity index (χ3v) is 7.84. The summed E-state index contributed by atoms with van der Waals surface area (Å²) in [6.07, 6.45) is 5.47. The molecule has 0 saturated carbocycles. The number of phenols is 1. The van der Waals surface area contributed by atoms with Crippen LogP contribution in [0.25, 0.3) is 0 Å². The second kappa shape index (κ2) is 15.2. The van der Waals surface area contributed by atoms with Crippen molar-refractivity contribution in [3.05, 3.63) is 83.0 Å². The second-order valence-electron chi connectivity index (χ2n) is 10.3. The molecule has 1 aliphatic carbocycles. The fraction of sp³-hybridized carbons (Fsp3) is 0.452. The van der Waals surface area contributed by atoms with Crippen LogP contribution in [0.4, 0.5) is 4.79 Å². The van der Waals surface area contributed by atoms with Gasteiger partial charge in [-0.3, -0.25) is 9.05 Å². The summed E-state index contributed by atoms with van der Waals surface area (Å²) >= 11 is 0. The van der Waals surface area contributed by atoms with Crippen LogP contribution in [0.1, 0.15) is 75.5 Å². The van der Waals surface area contributed by atoms with Crippen LogP contribution in [0.15, 0.2) is 66.3 Å². The fourth-order valence-electron chi connectivity index (χ4n) is 4.85. The second-order valence-corrected chi connectivity index (χ2v) is 11.7. The van der Waals surface area contributed by atoms with E-state index in [9.17, 15) is 19.4 Å². The van der Waals surface area contributed by atoms with Gasteiger partial charge in [0.1, 0.15) is 11.5 Å². The van der Waals surface area contributed by atoms with Gasteiger partial charge < -0.3 is 19.5 Å². The van der Waals surface area contributed by atoms with Gasteiger partial charge in [0.25, 0.3) is 0 Å². The molecule has 40 heavy (non-hydrogen) atoms. The smallest absolute Gasteiger partial charge is 0.507 e. The first-order valence-corrected chi connectivity index (χ1v) is 15.3. The highest BCUT2D eigenvalue weighted by atomic mass is 31.2. The Morgan fingerprint density at radius 2 is 1.82 bits per heavy atom. The van der Waals surface area contributed by atoms with Crippen LogP contribution in [0.5, 0.6) is 11.5 Å². The van der Waals surface area contributed by atoms with Gasteiger partial charge in [-0.1, -0.05) is 67.5 Å². The van der Waals surface area contributed by atoms with Gasteiger partial charge in [-0.15, -0.1) is 0 Å². The molecule has 0 bridgehead atoms. The number of aromatic hydroxyl groups is 1. The highest BCUT2D eigenvalue weighted by Gasteiger charge is 2.31. The minimum atomic E-state index is -4.19. The third kappa shape index (κ3) is 9.63. The van der Waals surface area contributed by atoms with Crippen molar-refractivity contribution < 1.29 is 37.9 Å². The van der Waals surface area contributed by atoms with Crippen LogP contribution in [-0.4, -0.2) is 29.4 Å². The zero-order valence-corrected chi connectivity index (χ0v) is 24.5. The van der Waals surface area contributed by atoms with Crippen LogP contribution in [-0.2, 0) is 31.4 Å². The summed E-state index contributed by atoms with van der Waals surface area (Å²) in [7, 11) is -4.19. The Morgan fingerprint density at radius 1 is 1.10 bits per heavy atom. The summed E-state index contributed by atoms with van der Waals surface area (Å²) in [5.74, 6) is 0.330. The number of carbonyl (C=O) groups is 1. The van der Waals surface area contributed by atoms with Crippen molar-refractivity contribution in [3.63, 3.8) is 0 Å². The average Bonchev–Trinajstić information content (AvgIpc) is 2.90. The molecule has 1 unspecified atom stereocenters. The number of aryl methyl sites for hydroxylation is 1. The molecule has 9 heteroatoms. The zero-order chi connectivity index (χ0) is 29.1. The molecule has 0 aromatic heterocycles. The Bertz CT molecular complexity index is 1220. The first-order valence-electron chi connectivity index (χ1n) is 13.8. The summed E-state index contributed by atoms with van der Waals surface area (Å²) < 4.78 is 33.0. The lowest BCUT2D eigenvalue weighted by molar-refractivity contribution is 0.0930. The quantitative estimate of drug-likeness (QED) is 0.0770. The lowest BCUT2D eigenvalue weighted by atomic mass is 9.73. The molecule has 8 nitrogen and oxygen atoms in total. The van der Waals surface area contributed by atoms with Gasteiger partial charge >= 0.3 is 14.0 Å². The summed E-state index contributed by atoms with van der Waals surface area (Å²) in [5.41, 5.74) is 4.42. The number of phosphoric ester groups is 1. The van der Waals surface area contributed by atoms with Crippen molar-refractivity contribution in [2.24, 2.45) is 5.92 Å². The number of unbranched alkanes of at least 4 members (excludes halogenated alkanes) is 1. The first kappa shape index (κ1) is 31.6. The normalized spacial score (nSPS) is 18.4. The number of phenolic OH excluding ortho intramolecular Hbond substituents is 1. The number of phosphoric acid groups is 1. The minimum absolute atomic E-state index is 0.0340. The Kier molecular flexibility index (Phi) is 12.0. The summed E-state index contributed by atoms with van der Waals surface area (Å²) in [4.78, 5) is 22.5. The SMILES string of the molecule is C=C(C)[C@@H]1CCC(C)=C[C@H]1c1c(O)cc(CCC)cc1OC(=O)OCCCCOP(=O)(O)OCc1ccccc1. The number of allylic oxidation sites excluding steroid dienone is 3. The molecular formula is C31H41O8P. The molecule has 0 aliphatic heterocycles. The van der Waals surface area contributed by atoms with Crippen molar-refractivity contribution in [3.8, 4) is 11.5 Å². The van der Waals surface area contributed by atoms with E-state index in [1.54, 1.807) is 24.3 Å². The number of benzene rings is 2. The number of hydrogen-bond acceptors (Lipinski definition) is 7. The van der Waals surface area contributed by atoms with E-state index in [4.69, 9.17) is 18.5 Å². The predicted octanol–water partition coefficient (Wildman–Crippen LogP) is 7.99. The molecule has 0 fully saturated rings. The Balaban J connectivity index is 1.55. The molecule has 2 aromatic rings. The Labute approximate surface area is 237 Å². The first-order chi connectivity index (χ1) is 19.1. The highest BCUT2D eigenvalue weighted by Crippen LogP contribution is 2.47. The Morgan fingerprint density at radius 3 is 2.52 bits per heavy atom. The number of rotatable bonds is 14. The molecule has 0 spiro atoms. The molecule has 3 rings (SSSR count). The standard InChI is InChI=1S/C31H41O8P/c1-5-11-25-19-28(32)30(27-18-23(4)14-15-26(27)22(2)3)29(20-25)39-31(33)36-16-9-10-17-37-40(34,35)38-21-24-12-7-6-8-13-24/h6-8,12-13,18-20,26-27,32H,2,5,9-11,14-17,21H2,1,3-4H3,(H,34,35)/t26-,27+/m0/s1. The Hall–Kier alpha value is -2.90. The van der Waals surface area contributed by atoms with Gasteiger partial charge in [0, 0.05) is 11.5 Å². The molecule has 0 heterocycles. The van der Waals surface area contributed by atoms with Crippen molar-refractivity contribution in [2.75, 3.05) is 13.2 Å². The molecule has 3 atom stereocenters. The van der Waals surface area contributed by atoms with Crippen molar-refractivity contribution >= 4 is 14.0 Å². The zero-order valence-electron chi connectivity index (χ0n) is 23.6. The highest BCUT2D eigenvalue weighted by molar-refractivity contribution is 7.47. The maximum absolute atomic E-state index is 12.6. The number of hydrogen-bond donors (Lipinski definition) is 2. The topological polar surface area (TPSA) is 112 Å². The van der Waals surface area contributed by atoms with Gasteiger partial charge in [-0.05, 0) is 75.1 Å². The van der Waals surface area contributed by atoms with E-state index in [2.05, 4.69) is 19.6 Å². The lowest BCUT2D eigenvalue weighted by Crippen LogP contribution is -2.19. The predicted molar refractivity (Wildman–Crippen MR) is 154 cm³/mol. The van der Waals surface area contributed by atoms with E-state index in [-0.39, 0.29) is 43.2 Å². The molecule has 0 amide bonds. The summed E-state index contributed by atoms with van der Waals surface area (Å²) in [5, 5.41) is 11.0. The lowest BCUT2D eigenvalue weighted by Gasteiger charge is -2.32. The monoisotopic (exact) mass is 572 g/mol. The molecule has 0 saturated heterocycles. The van der Waals surface area contributed by atoms with E-state index < -0.39 is 14.0 Å². The van der Waals surface area contributed by atoms with Crippen LogP contribution in [0.2, 0.25) is 0 Å². The molecule has 2 aromatic carbocycles. The van der Waals surface area contributed by atoms with E-state index >= 15 is 0 Å². The number of carbonyl (C=O) groups excluding carboxylic acids is 1. The van der Waals surface area contributed by atoms with Gasteiger partial charge in [0.2, 0.25) is 0 Å². The van der Waals surface area contributed by atoms with Gasteiger partial charge in [-0.2, -0.15) is 0 Å². The van der Waals surface area contributed by atoms with Crippen LogP contribution in [0.3, 0.4) is 0 Å². The van der Waals surface area contributed by atoms with Crippen molar-refractivity contribution in [1.29, 1.82) is 0 Å². The van der Waals surface area contributed by atoms with Gasteiger partial charge in [0.05, 0.1) is 19.8 Å². The molecule has 1 aliphatic rings. The van der Waals surface area contributed by atoms with E-state index in [1.165, 1.54) is 5.57 Å². The van der Waals surface area contributed by atoms with E-state index in [0.717, 1.165) is 42.4 Å². The molecular weight excluding hydrogens is 531 g/mol. The van der Waals surface area contributed by atoms with Gasteiger partial charge in [0.15, 0.2) is 0 Å². The van der Waals surface area contributed by atoms with Crippen molar-refractivity contribution in [2.45, 2.75) is 71.8 Å². The maximum atomic E-state index is 12.6. The molecule has 0 radical (unpaired) electrons. The molecule has 218 valence electrons. The maximum Gasteiger partial charge on any atom is 0.513 e. The summed E-state index contributed by atoms with van der Waals surface area (Å²) in [6, 6.07) is 12.6. The number of ether oxygens (including phenoxy) is 2. The van der Waals surface area contributed by atoms with Crippen LogP contribution in [0, 0.1) is 5.92 Å². The van der Waals surface area contributed by atoms with Gasteiger partial charge in [-0.25, -0.2) is 9.36 Å². The van der Waals surface area contributed by atoms with Crippen LogP contribution >= 0.6 is 7.82 Å². The fourth-order valence-corrected chi connectivity index (χ4v) is 5.60. The minimum Gasteiger partial charge on any atom is -0.507 e. The average molecular weight is 573 g/mol. The van der Waals surface area contributed by atoms with E-state index in [0.29, 0.717) is 18.4 Å². The largest absolute Gasteiger partial charge is 0.513 e. The van der Waals surface area contributed by atoms with E-state index in [1.807, 2.05) is 32.0 Å². The van der Waals surface area contributed by atoms with Crippen molar-refractivity contribution in [1.82, 2.24) is 0 Å². The third-order valence-electron chi connectivity index (χ3n) is 6.88. The molecule has 2 N–H and O–H groups in total. The van der Waals surface area contributed by atoms with Crippen LogP contribution < -0.4 is 4.74 Å². The summed E-state index contributed by atoms with van der Waals surface area (Å²) in [6.45, 7) is 10.2.